The molecule has 7 rings (SSSR count). The summed E-state index contributed by atoms with van der Waals surface area (Å²) in [6, 6.07) is 8.22. The zero-order valence-corrected chi connectivity index (χ0v) is 22.4. The zero-order chi connectivity index (χ0) is 28.3. The van der Waals surface area contributed by atoms with Crippen molar-refractivity contribution in [1.29, 1.82) is 0 Å². The van der Waals surface area contributed by atoms with Crippen molar-refractivity contribution in [3.8, 4) is 0 Å². The third-order valence-electron chi connectivity index (χ3n) is 10.5. The fraction of sp³-hybridized carbons (Fsp3) is 0.621. The van der Waals surface area contributed by atoms with E-state index in [2.05, 4.69) is 6.58 Å². The van der Waals surface area contributed by atoms with E-state index in [4.69, 9.17) is 18.9 Å². The molecule has 3 aliphatic carbocycles. The van der Waals surface area contributed by atoms with E-state index in [0.717, 1.165) is 0 Å². The Kier molecular flexibility index (Phi) is 5.44. The summed E-state index contributed by atoms with van der Waals surface area (Å²) in [5.41, 5.74) is -5.97. The number of carbonyl (C=O) groups excluding carboxylic acids is 3. The number of carbonyl (C=O) groups is 3. The third kappa shape index (κ3) is 2.96. The molecule has 3 heterocycles. The van der Waals surface area contributed by atoms with Gasteiger partial charge in [0.25, 0.3) is 0 Å². The van der Waals surface area contributed by atoms with E-state index in [1.165, 1.54) is 13.8 Å². The molecule has 0 amide bonds. The first-order valence-corrected chi connectivity index (χ1v) is 13.3. The number of hydrogen-bond donors (Lipinski definition) is 3. The minimum Gasteiger partial charge on any atom is -0.453 e. The summed E-state index contributed by atoms with van der Waals surface area (Å²) in [5, 5.41) is 35.7. The second-order valence-corrected chi connectivity index (χ2v) is 12.5. The topological polar surface area (TPSA) is 149 Å². The summed E-state index contributed by atoms with van der Waals surface area (Å²) in [7, 11) is 0. The van der Waals surface area contributed by atoms with Gasteiger partial charge in [-0.3, -0.25) is 9.59 Å². The van der Waals surface area contributed by atoms with Crippen LogP contribution in [0.1, 0.15) is 50.9 Å². The highest BCUT2D eigenvalue weighted by atomic mass is 16.7. The first kappa shape index (κ1) is 26.6. The predicted octanol–water partition coefficient (Wildman–Crippen LogP) is 1.30. The minimum absolute atomic E-state index is 0.0809. The predicted molar refractivity (Wildman–Crippen MR) is 133 cm³/mol. The minimum atomic E-state index is -2.43. The van der Waals surface area contributed by atoms with Crippen LogP contribution in [0.25, 0.3) is 0 Å². The highest BCUT2D eigenvalue weighted by Gasteiger charge is 2.84. The molecular formula is C29H34O10. The number of Topliss-reactive ketones (excluding diaryl/α,β-unsaturated/α-hetero) is 1. The van der Waals surface area contributed by atoms with Crippen molar-refractivity contribution in [2.75, 3.05) is 6.61 Å². The van der Waals surface area contributed by atoms with E-state index in [-0.39, 0.29) is 25.0 Å². The van der Waals surface area contributed by atoms with Crippen LogP contribution < -0.4 is 0 Å². The van der Waals surface area contributed by atoms with Crippen LogP contribution in [-0.2, 0) is 28.5 Å². The summed E-state index contributed by atoms with van der Waals surface area (Å²) in [4.78, 5) is 41.2. The average Bonchev–Trinajstić information content (AvgIpc) is 2.86. The molecule has 10 atom stereocenters. The van der Waals surface area contributed by atoms with Gasteiger partial charge in [-0.25, -0.2) is 4.79 Å². The van der Waals surface area contributed by atoms with Crippen molar-refractivity contribution in [2.45, 2.75) is 81.9 Å². The van der Waals surface area contributed by atoms with Gasteiger partial charge in [0.1, 0.15) is 12.2 Å². The van der Waals surface area contributed by atoms with Gasteiger partial charge in [-0.2, -0.15) is 0 Å². The van der Waals surface area contributed by atoms with Gasteiger partial charge < -0.3 is 34.3 Å². The largest absolute Gasteiger partial charge is 0.453 e. The molecule has 1 aromatic carbocycles. The number of fused-ring (bicyclic) bond motifs is 1. The van der Waals surface area contributed by atoms with Crippen molar-refractivity contribution in [1.82, 2.24) is 0 Å². The molecule has 6 fully saturated rings. The summed E-state index contributed by atoms with van der Waals surface area (Å²) < 4.78 is 24.0. The van der Waals surface area contributed by atoms with E-state index in [9.17, 15) is 24.9 Å². The van der Waals surface area contributed by atoms with Gasteiger partial charge in [0.15, 0.2) is 17.0 Å². The van der Waals surface area contributed by atoms with Gasteiger partial charge in [-0.05, 0) is 17.7 Å². The van der Waals surface area contributed by atoms with Crippen LogP contribution >= 0.6 is 0 Å². The first-order valence-electron chi connectivity index (χ1n) is 13.3. The van der Waals surface area contributed by atoms with Crippen molar-refractivity contribution >= 4 is 17.7 Å². The molecule has 1 aromatic rings. The van der Waals surface area contributed by atoms with Gasteiger partial charge in [0.2, 0.25) is 5.79 Å². The molecule has 3 saturated carbocycles. The van der Waals surface area contributed by atoms with Crippen molar-refractivity contribution in [2.24, 2.45) is 22.7 Å². The third-order valence-corrected chi connectivity index (χ3v) is 10.5. The Bertz CT molecular complexity index is 1280. The highest BCUT2D eigenvalue weighted by molar-refractivity contribution is 5.98. The van der Waals surface area contributed by atoms with Crippen LogP contribution in [0.3, 0.4) is 0 Å². The summed E-state index contributed by atoms with van der Waals surface area (Å²) >= 11 is 0. The van der Waals surface area contributed by atoms with E-state index in [1.807, 2.05) is 0 Å². The second-order valence-electron chi connectivity index (χ2n) is 12.5. The maximum Gasteiger partial charge on any atom is 0.339 e. The number of esters is 2. The molecule has 3 N–H and O–H groups in total. The lowest BCUT2D eigenvalue weighted by Crippen LogP contribution is -2.87. The number of aliphatic hydroxyl groups is 3. The van der Waals surface area contributed by atoms with E-state index in [0.29, 0.717) is 5.57 Å². The van der Waals surface area contributed by atoms with Gasteiger partial charge in [0, 0.05) is 31.1 Å². The molecule has 4 bridgehead atoms. The Balaban J connectivity index is 1.62. The van der Waals surface area contributed by atoms with Crippen LogP contribution in [-0.4, -0.2) is 81.1 Å². The highest BCUT2D eigenvalue weighted by Crippen LogP contribution is 2.69. The fourth-order valence-electron chi connectivity index (χ4n) is 8.32. The molecule has 3 aliphatic heterocycles. The van der Waals surface area contributed by atoms with E-state index >= 15 is 4.79 Å². The van der Waals surface area contributed by atoms with Crippen molar-refractivity contribution < 1.29 is 48.7 Å². The molecule has 3 saturated heterocycles. The van der Waals surface area contributed by atoms with Crippen LogP contribution in [0.15, 0.2) is 42.5 Å². The number of benzene rings is 1. The van der Waals surface area contributed by atoms with Gasteiger partial charge >= 0.3 is 11.9 Å². The molecule has 0 spiro atoms. The Morgan fingerprint density at radius 3 is 2.36 bits per heavy atom. The Labute approximate surface area is 225 Å². The number of ketones is 1. The first-order chi connectivity index (χ1) is 18.2. The van der Waals surface area contributed by atoms with Crippen LogP contribution in [0.4, 0.5) is 0 Å². The Morgan fingerprint density at radius 2 is 1.77 bits per heavy atom. The number of ether oxygens (including phenoxy) is 4. The molecule has 0 radical (unpaired) electrons. The number of rotatable bonds is 3. The van der Waals surface area contributed by atoms with Crippen molar-refractivity contribution in [3.05, 3.63) is 48.0 Å². The van der Waals surface area contributed by atoms with E-state index < -0.39 is 81.8 Å². The summed E-state index contributed by atoms with van der Waals surface area (Å²) in [6.45, 7) is 10.0. The molecule has 10 heteroatoms. The summed E-state index contributed by atoms with van der Waals surface area (Å²) in [6.07, 6.45) is -5.14. The van der Waals surface area contributed by atoms with Crippen LogP contribution in [0, 0.1) is 22.7 Å². The molecule has 39 heavy (non-hydrogen) atoms. The maximum atomic E-state index is 15.2. The maximum absolute atomic E-state index is 15.2. The molecular weight excluding hydrogens is 508 g/mol. The fourth-order valence-corrected chi connectivity index (χ4v) is 8.32. The van der Waals surface area contributed by atoms with Crippen LogP contribution in [0.2, 0.25) is 0 Å². The smallest absolute Gasteiger partial charge is 0.339 e. The SMILES string of the molecule is C=C1[C@@H]2C[C@@]3(OC(=O)c4ccccc4)C(=O)[C@@H]4[C@]5(OC(C)=O)CO[C@@H]5C[C@H](O)[C@@]4(C)[C@](O)(O2)[C@@H](O)[C@@H]1C3(C)C. The number of hydrogen-bond acceptors (Lipinski definition) is 10. The van der Waals surface area contributed by atoms with Gasteiger partial charge in [-0.1, -0.05) is 45.5 Å². The second kappa shape index (κ2) is 7.98. The zero-order valence-electron chi connectivity index (χ0n) is 22.4. The normalized spacial score (nSPS) is 47.3. The average molecular weight is 543 g/mol. The quantitative estimate of drug-likeness (QED) is 0.377. The summed E-state index contributed by atoms with van der Waals surface area (Å²) in [5.74, 6) is -6.87. The lowest BCUT2D eigenvalue weighted by atomic mass is 9.41. The lowest BCUT2D eigenvalue weighted by molar-refractivity contribution is -0.429. The molecule has 0 unspecified atom stereocenters. The Morgan fingerprint density at radius 1 is 1.10 bits per heavy atom. The van der Waals surface area contributed by atoms with Crippen molar-refractivity contribution in [3.63, 3.8) is 0 Å². The standard InChI is InChI=1S/C29H34O10/c1-14-17-12-28(39-24(34)16-9-7-6-8-10-16)23(33)21-26(5,29(35,38-17)22(32)20(14)25(28,3)4)18(31)11-19-27(21,13-36-19)37-15(2)30/h6-10,17-22,31-32,35H,1,11-13H2,2-5H3/t17-,18-,19+,20+,21-,22-,26+,27-,28+,29+/m0/s1. The molecule has 210 valence electrons. The van der Waals surface area contributed by atoms with Gasteiger partial charge in [-0.15, -0.1) is 0 Å². The van der Waals surface area contributed by atoms with E-state index in [1.54, 1.807) is 44.2 Å². The van der Waals surface area contributed by atoms with Crippen LogP contribution in [0.5, 0.6) is 0 Å². The lowest BCUT2D eigenvalue weighted by Gasteiger charge is -2.72. The molecule has 6 aliphatic rings. The van der Waals surface area contributed by atoms with Gasteiger partial charge in [0.05, 0.1) is 35.7 Å². The Hall–Kier alpha value is -2.63. The monoisotopic (exact) mass is 542 g/mol. The molecule has 10 nitrogen and oxygen atoms in total. The number of aliphatic hydroxyl groups excluding tert-OH is 2. The molecule has 0 aromatic heterocycles.